The number of hydrogen-bond acceptors (Lipinski definition) is 2. The lowest BCUT2D eigenvalue weighted by Gasteiger charge is -2.28. The van der Waals surface area contributed by atoms with Crippen LogP contribution in [0.15, 0.2) is 30.4 Å². The Kier molecular flexibility index (Phi) is 4.44. The Morgan fingerprint density at radius 2 is 2.07 bits per heavy atom. The predicted octanol–water partition coefficient (Wildman–Crippen LogP) is 4.36. The lowest BCUT2D eigenvalue weighted by atomic mass is 10.00. The molecule has 28 heavy (non-hydrogen) atoms. The third-order valence-corrected chi connectivity index (χ3v) is 5.31. The van der Waals surface area contributed by atoms with Gasteiger partial charge in [-0.1, -0.05) is 12.2 Å². The second-order valence-electron chi connectivity index (χ2n) is 7.45. The lowest BCUT2D eigenvalue weighted by Crippen LogP contribution is -2.39. The van der Waals surface area contributed by atoms with Crippen molar-refractivity contribution in [1.29, 1.82) is 0 Å². The Hall–Kier alpha value is -2.77. The van der Waals surface area contributed by atoms with E-state index >= 15 is 0 Å². The second-order valence-corrected chi connectivity index (χ2v) is 7.45. The first-order valence-electron chi connectivity index (χ1n) is 9.20. The molecule has 0 fully saturated rings. The van der Waals surface area contributed by atoms with Gasteiger partial charge in [0.05, 0.1) is 18.8 Å². The Morgan fingerprint density at radius 1 is 1.29 bits per heavy atom. The number of halogens is 3. The highest BCUT2D eigenvalue weighted by molar-refractivity contribution is 5.89. The van der Waals surface area contributed by atoms with Crippen LogP contribution in [0.2, 0.25) is 0 Å². The molecule has 0 saturated heterocycles. The number of allylic oxidation sites excluding steroid dienone is 1. The van der Waals surface area contributed by atoms with E-state index in [0.717, 1.165) is 5.57 Å². The van der Waals surface area contributed by atoms with Gasteiger partial charge in [0.15, 0.2) is 0 Å². The molecule has 148 valence electrons. The molecular weight excluding hydrogens is 369 g/mol. The number of fused-ring (bicyclic) bond motifs is 3. The zero-order valence-electron chi connectivity index (χ0n) is 15.6. The smallest absolute Gasteiger partial charge is 0.320 e. The molecule has 3 heterocycles. The Morgan fingerprint density at radius 3 is 2.82 bits per heavy atom. The number of nitrogens with zero attached hydrogens (tertiary/aromatic N) is 3. The van der Waals surface area contributed by atoms with Crippen molar-refractivity contribution in [2.24, 2.45) is 0 Å². The molecule has 1 aromatic carbocycles. The fourth-order valence-corrected chi connectivity index (χ4v) is 3.79. The van der Waals surface area contributed by atoms with E-state index in [2.05, 4.69) is 17.0 Å². The summed E-state index contributed by atoms with van der Waals surface area (Å²) in [7, 11) is 0. The van der Waals surface area contributed by atoms with Gasteiger partial charge in [0.1, 0.15) is 11.5 Å². The van der Waals surface area contributed by atoms with Crippen LogP contribution in [0.25, 0.3) is 0 Å². The van der Waals surface area contributed by atoms with Crippen LogP contribution >= 0.6 is 0 Å². The van der Waals surface area contributed by atoms with Gasteiger partial charge in [0.2, 0.25) is 0 Å². The molecule has 0 unspecified atom stereocenters. The van der Waals surface area contributed by atoms with Gasteiger partial charge in [-0.3, -0.25) is 4.68 Å². The van der Waals surface area contributed by atoms with E-state index in [-0.39, 0.29) is 37.4 Å². The first-order valence-corrected chi connectivity index (χ1v) is 9.20. The Bertz CT molecular complexity index is 967. The minimum Gasteiger partial charge on any atom is -0.320 e. The molecule has 5 nitrogen and oxygen atoms in total. The predicted molar refractivity (Wildman–Crippen MR) is 98.8 cm³/mol. The number of carbonyl (C=O) groups excluding carboxylic acids is 1. The SMILES string of the molecule is C=C1CCC(F)(F)c2c3c(nn2C1)CCN(C(=O)Nc1ccc(F)c(C)c1)C3. The summed E-state index contributed by atoms with van der Waals surface area (Å²) in [4.78, 5) is 14.1. The van der Waals surface area contributed by atoms with Gasteiger partial charge in [0.25, 0.3) is 5.92 Å². The average Bonchev–Trinajstić information content (AvgIpc) is 2.95. The Labute approximate surface area is 160 Å². The first kappa shape index (κ1) is 18.6. The van der Waals surface area contributed by atoms with Crippen molar-refractivity contribution in [3.8, 4) is 0 Å². The highest BCUT2D eigenvalue weighted by atomic mass is 19.3. The van der Waals surface area contributed by atoms with Crippen molar-refractivity contribution in [3.63, 3.8) is 0 Å². The largest absolute Gasteiger partial charge is 0.322 e. The third kappa shape index (κ3) is 3.27. The number of hydrogen-bond donors (Lipinski definition) is 1. The number of benzene rings is 1. The molecule has 2 amide bonds. The third-order valence-electron chi connectivity index (χ3n) is 5.31. The average molecular weight is 390 g/mol. The number of anilines is 1. The molecule has 2 aliphatic rings. The van der Waals surface area contributed by atoms with Crippen LogP contribution in [-0.2, 0) is 25.4 Å². The summed E-state index contributed by atoms with van der Waals surface area (Å²) >= 11 is 0. The number of alkyl halides is 2. The number of amides is 2. The van der Waals surface area contributed by atoms with Crippen LogP contribution in [0.5, 0.6) is 0 Å². The van der Waals surface area contributed by atoms with E-state index < -0.39 is 12.0 Å². The number of carbonyl (C=O) groups is 1. The quantitative estimate of drug-likeness (QED) is 0.736. The molecule has 0 aliphatic carbocycles. The molecule has 0 spiro atoms. The van der Waals surface area contributed by atoms with Crippen molar-refractivity contribution < 1.29 is 18.0 Å². The summed E-state index contributed by atoms with van der Waals surface area (Å²) in [6.07, 6.45) is 0.359. The van der Waals surface area contributed by atoms with Crippen LogP contribution in [-0.4, -0.2) is 27.3 Å². The highest BCUT2D eigenvalue weighted by Gasteiger charge is 2.42. The topological polar surface area (TPSA) is 50.2 Å². The van der Waals surface area contributed by atoms with Crippen molar-refractivity contribution >= 4 is 11.7 Å². The number of nitrogens with one attached hydrogen (secondary N) is 1. The van der Waals surface area contributed by atoms with Gasteiger partial charge >= 0.3 is 6.03 Å². The van der Waals surface area contributed by atoms with E-state index in [4.69, 9.17) is 0 Å². The van der Waals surface area contributed by atoms with E-state index in [1.54, 1.807) is 6.92 Å². The normalized spacial score (nSPS) is 18.3. The molecule has 2 aromatic rings. The number of urea groups is 1. The van der Waals surface area contributed by atoms with Gasteiger partial charge in [-0.15, -0.1) is 0 Å². The summed E-state index contributed by atoms with van der Waals surface area (Å²) in [6, 6.07) is 3.89. The number of aryl methyl sites for hydroxylation is 1. The summed E-state index contributed by atoms with van der Waals surface area (Å²) in [6.45, 7) is 6.18. The second kappa shape index (κ2) is 6.68. The zero-order valence-corrected chi connectivity index (χ0v) is 15.6. The molecular formula is C20H21F3N4O. The maximum absolute atomic E-state index is 14.8. The van der Waals surface area contributed by atoms with Gasteiger partial charge < -0.3 is 10.2 Å². The van der Waals surface area contributed by atoms with Crippen LogP contribution in [0, 0.1) is 12.7 Å². The maximum atomic E-state index is 14.8. The van der Waals surface area contributed by atoms with Crippen LogP contribution < -0.4 is 5.32 Å². The van der Waals surface area contributed by atoms with Crippen molar-refractivity contribution in [1.82, 2.24) is 14.7 Å². The molecule has 0 bridgehead atoms. The van der Waals surface area contributed by atoms with Crippen molar-refractivity contribution in [2.45, 2.75) is 45.2 Å². The molecule has 0 radical (unpaired) electrons. The van der Waals surface area contributed by atoms with E-state index in [1.165, 1.54) is 27.8 Å². The molecule has 0 saturated carbocycles. The van der Waals surface area contributed by atoms with Crippen LogP contribution in [0.1, 0.15) is 35.4 Å². The van der Waals surface area contributed by atoms with Crippen molar-refractivity contribution in [2.75, 3.05) is 11.9 Å². The summed E-state index contributed by atoms with van der Waals surface area (Å²) in [5.74, 6) is -3.36. The summed E-state index contributed by atoms with van der Waals surface area (Å²) in [5, 5.41) is 7.09. The van der Waals surface area contributed by atoms with E-state index in [1.807, 2.05) is 0 Å². The van der Waals surface area contributed by atoms with Gasteiger partial charge in [-0.05, 0) is 37.1 Å². The van der Waals surface area contributed by atoms with Crippen LogP contribution in [0.4, 0.5) is 23.7 Å². The van der Waals surface area contributed by atoms with Gasteiger partial charge in [0, 0.05) is 30.6 Å². The summed E-state index contributed by atoms with van der Waals surface area (Å²) < 4.78 is 44.3. The van der Waals surface area contributed by atoms with Gasteiger partial charge in [-0.25, -0.2) is 9.18 Å². The molecule has 8 heteroatoms. The summed E-state index contributed by atoms with van der Waals surface area (Å²) in [5.41, 5.74) is 2.55. The number of rotatable bonds is 1. The first-order chi connectivity index (χ1) is 13.2. The van der Waals surface area contributed by atoms with Crippen molar-refractivity contribution in [3.05, 3.63) is 58.7 Å². The van der Waals surface area contributed by atoms with E-state index in [0.29, 0.717) is 35.5 Å². The fraction of sp³-hybridized carbons (Fsp3) is 0.400. The van der Waals surface area contributed by atoms with E-state index in [9.17, 15) is 18.0 Å². The standard InChI is InChI=1S/C20H21F3N4O/c1-12-5-7-20(22,23)18-15-11-26(8-6-17(15)25-27(18)10-12)19(28)24-14-3-4-16(21)13(2)9-14/h3-4,9H,1,5-8,10-11H2,2H3,(H,24,28). The van der Waals surface area contributed by atoms with Gasteiger partial charge in [-0.2, -0.15) is 13.9 Å². The lowest BCUT2D eigenvalue weighted by molar-refractivity contribution is -0.0194. The monoisotopic (exact) mass is 390 g/mol. The minimum absolute atomic E-state index is 0.0682. The molecule has 1 aromatic heterocycles. The molecule has 1 N–H and O–H groups in total. The minimum atomic E-state index is -3.01. The maximum Gasteiger partial charge on any atom is 0.322 e. The highest BCUT2D eigenvalue weighted by Crippen LogP contribution is 2.41. The molecule has 0 atom stereocenters. The van der Waals surface area contributed by atoms with Crippen LogP contribution in [0.3, 0.4) is 0 Å². The fourth-order valence-electron chi connectivity index (χ4n) is 3.79. The Balaban J connectivity index is 1.58. The zero-order chi connectivity index (χ0) is 20.1. The molecule has 2 aliphatic heterocycles. The number of aromatic nitrogens is 2. The molecule has 4 rings (SSSR count).